The number of benzene rings is 1. The van der Waals surface area contributed by atoms with Crippen molar-refractivity contribution < 1.29 is 4.74 Å². The highest BCUT2D eigenvalue weighted by atomic mass is 35.5. The molecule has 1 aromatic rings. The lowest BCUT2D eigenvalue weighted by Gasteiger charge is -2.34. The fourth-order valence-electron chi connectivity index (χ4n) is 4.95. The largest absolute Gasteiger partial charge is 0.382 e. The van der Waals surface area contributed by atoms with Crippen molar-refractivity contribution in [3.05, 3.63) is 29.8 Å². The third-order valence-electron chi connectivity index (χ3n) is 6.66. The molecule has 2 heterocycles. The summed E-state index contributed by atoms with van der Waals surface area (Å²) >= 11 is 0. The molecule has 3 aliphatic rings. The van der Waals surface area contributed by atoms with Crippen molar-refractivity contribution in [2.75, 3.05) is 57.8 Å². The zero-order chi connectivity index (χ0) is 18.5. The predicted molar refractivity (Wildman–Crippen MR) is 118 cm³/mol. The van der Waals surface area contributed by atoms with E-state index in [0.29, 0.717) is 18.0 Å². The average Bonchev–Trinajstić information content (AvgIpc) is 3.19. The predicted octanol–water partition coefficient (Wildman–Crippen LogP) is 2.81. The first-order chi connectivity index (χ1) is 13.3. The van der Waals surface area contributed by atoms with Crippen LogP contribution in [-0.2, 0) is 11.3 Å². The fraction of sp³-hybridized carbons (Fsp3) is 0.727. The van der Waals surface area contributed by atoms with Crippen LogP contribution in [0.1, 0.15) is 31.7 Å². The zero-order valence-electron chi connectivity index (χ0n) is 17.2. The number of piperazine rings is 1. The van der Waals surface area contributed by atoms with Gasteiger partial charge >= 0.3 is 0 Å². The maximum absolute atomic E-state index is 5.70. The summed E-state index contributed by atoms with van der Waals surface area (Å²) in [5, 5.41) is 7.48. The van der Waals surface area contributed by atoms with E-state index in [4.69, 9.17) is 4.74 Å². The van der Waals surface area contributed by atoms with Crippen molar-refractivity contribution >= 4 is 18.1 Å². The van der Waals surface area contributed by atoms with Gasteiger partial charge in [0.1, 0.15) is 0 Å². The van der Waals surface area contributed by atoms with Gasteiger partial charge in [0.2, 0.25) is 0 Å². The highest BCUT2D eigenvalue weighted by molar-refractivity contribution is 5.85. The second-order valence-electron chi connectivity index (χ2n) is 8.39. The normalized spacial score (nSPS) is 29.4. The number of rotatable bonds is 6. The SMILES string of the molecule is CCN1CCN(Cc2ccc(NC3CCCC3C3COCCN3)cc2)CC1.Cl. The molecule has 0 aromatic heterocycles. The summed E-state index contributed by atoms with van der Waals surface area (Å²) in [5.41, 5.74) is 2.69. The molecule has 28 heavy (non-hydrogen) atoms. The number of likely N-dealkylation sites (N-methyl/N-ethyl adjacent to an activating group) is 1. The van der Waals surface area contributed by atoms with Gasteiger partial charge in [0.15, 0.2) is 0 Å². The lowest BCUT2D eigenvalue weighted by molar-refractivity contribution is 0.0559. The molecular weight excluding hydrogens is 372 g/mol. The first kappa shape index (κ1) is 21.8. The number of anilines is 1. The third kappa shape index (κ3) is 5.61. The smallest absolute Gasteiger partial charge is 0.0623 e. The van der Waals surface area contributed by atoms with Crippen LogP contribution >= 0.6 is 12.4 Å². The number of halogens is 1. The maximum Gasteiger partial charge on any atom is 0.0623 e. The number of morpholine rings is 1. The van der Waals surface area contributed by atoms with E-state index in [9.17, 15) is 0 Å². The van der Waals surface area contributed by atoms with Gasteiger partial charge in [0.25, 0.3) is 0 Å². The van der Waals surface area contributed by atoms with Crippen LogP contribution in [0.3, 0.4) is 0 Å². The van der Waals surface area contributed by atoms with E-state index in [0.717, 1.165) is 26.3 Å². The van der Waals surface area contributed by atoms with Crippen LogP contribution in [0.4, 0.5) is 5.69 Å². The summed E-state index contributed by atoms with van der Waals surface area (Å²) in [4.78, 5) is 5.12. The van der Waals surface area contributed by atoms with Gasteiger partial charge in [0.05, 0.1) is 13.2 Å². The summed E-state index contributed by atoms with van der Waals surface area (Å²) in [7, 11) is 0. The molecule has 5 nitrogen and oxygen atoms in total. The average molecular weight is 409 g/mol. The van der Waals surface area contributed by atoms with Crippen LogP contribution in [0, 0.1) is 5.92 Å². The molecule has 4 rings (SSSR count). The van der Waals surface area contributed by atoms with Crippen LogP contribution in [0.2, 0.25) is 0 Å². The van der Waals surface area contributed by atoms with Crippen LogP contribution < -0.4 is 10.6 Å². The molecular formula is C22H37ClN4O. The van der Waals surface area contributed by atoms with Crippen LogP contribution in [-0.4, -0.2) is 74.4 Å². The molecule has 0 bridgehead atoms. The summed E-state index contributed by atoms with van der Waals surface area (Å²) in [6.45, 7) is 12.0. The monoisotopic (exact) mass is 408 g/mol. The molecule has 0 amide bonds. The number of hydrogen-bond donors (Lipinski definition) is 2. The van der Waals surface area contributed by atoms with Crippen molar-refractivity contribution in [1.29, 1.82) is 0 Å². The van der Waals surface area contributed by atoms with Crippen LogP contribution in [0.15, 0.2) is 24.3 Å². The van der Waals surface area contributed by atoms with Gasteiger partial charge in [0, 0.05) is 57.0 Å². The van der Waals surface area contributed by atoms with Crippen molar-refractivity contribution in [1.82, 2.24) is 15.1 Å². The van der Waals surface area contributed by atoms with E-state index >= 15 is 0 Å². The van der Waals surface area contributed by atoms with Crippen molar-refractivity contribution in [3.8, 4) is 0 Å². The lowest BCUT2D eigenvalue weighted by Crippen LogP contribution is -2.49. The molecule has 1 saturated carbocycles. The van der Waals surface area contributed by atoms with Crippen molar-refractivity contribution in [2.24, 2.45) is 5.92 Å². The molecule has 1 aromatic carbocycles. The Labute approximate surface area is 176 Å². The highest BCUT2D eigenvalue weighted by Crippen LogP contribution is 2.32. The van der Waals surface area contributed by atoms with Gasteiger partial charge in [-0.05, 0) is 43.0 Å². The number of hydrogen-bond acceptors (Lipinski definition) is 5. The Balaban J connectivity index is 0.00000225. The molecule has 3 fully saturated rings. The number of nitrogens with zero attached hydrogens (tertiary/aromatic N) is 2. The molecule has 3 atom stereocenters. The second-order valence-corrected chi connectivity index (χ2v) is 8.39. The maximum atomic E-state index is 5.70. The van der Waals surface area contributed by atoms with Crippen LogP contribution in [0.25, 0.3) is 0 Å². The summed E-state index contributed by atoms with van der Waals surface area (Å²) < 4.78 is 5.70. The third-order valence-corrected chi connectivity index (χ3v) is 6.66. The Bertz CT molecular complexity index is 570. The molecule has 0 radical (unpaired) electrons. The summed E-state index contributed by atoms with van der Waals surface area (Å²) in [6.07, 6.45) is 3.90. The minimum absolute atomic E-state index is 0. The number of ether oxygens (including phenoxy) is 1. The van der Waals surface area contributed by atoms with Gasteiger partial charge < -0.3 is 20.3 Å². The highest BCUT2D eigenvalue weighted by Gasteiger charge is 2.34. The molecule has 2 saturated heterocycles. The zero-order valence-corrected chi connectivity index (χ0v) is 18.1. The Kier molecular flexibility index (Phi) is 8.42. The van der Waals surface area contributed by atoms with E-state index in [1.165, 1.54) is 63.2 Å². The van der Waals surface area contributed by atoms with Gasteiger partial charge in [-0.1, -0.05) is 25.5 Å². The fourth-order valence-corrected chi connectivity index (χ4v) is 4.95. The Morgan fingerprint density at radius 2 is 1.82 bits per heavy atom. The van der Waals surface area contributed by atoms with Gasteiger partial charge in [-0.2, -0.15) is 0 Å². The van der Waals surface area contributed by atoms with Crippen molar-refractivity contribution in [2.45, 2.75) is 44.8 Å². The quantitative estimate of drug-likeness (QED) is 0.757. The van der Waals surface area contributed by atoms with Gasteiger partial charge in [-0.3, -0.25) is 4.90 Å². The first-order valence-corrected chi connectivity index (χ1v) is 10.9. The Morgan fingerprint density at radius 1 is 1.07 bits per heavy atom. The topological polar surface area (TPSA) is 39.8 Å². The van der Waals surface area contributed by atoms with E-state index in [1.807, 2.05) is 0 Å². The molecule has 2 aliphatic heterocycles. The molecule has 1 aliphatic carbocycles. The van der Waals surface area contributed by atoms with E-state index in [2.05, 4.69) is 51.6 Å². The summed E-state index contributed by atoms with van der Waals surface area (Å²) in [6, 6.07) is 10.2. The Hall–Kier alpha value is -0.850. The first-order valence-electron chi connectivity index (χ1n) is 10.9. The summed E-state index contributed by atoms with van der Waals surface area (Å²) in [5.74, 6) is 0.680. The molecule has 0 spiro atoms. The van der Waals surface area contributed by atoms with Crippen LogP contribution in [0.5, 0.6) is 0 Å². The lowest BCUT2D eigenvalue weighted by atomic mass is 9.93. The van der Waals surface area contributed by atoms with Gasteiger partial charge in [-0.25, -0.2) is 0 Å². The minimum Gasteiger partial charge on any atom is -0.382 e. The molecule has 158 valence electrons. The number of nitrogens with one attached hydrogen (secondary N) is 2. The van der Waals surface area contributed by atoms with Gasteiger partial charge in [-0.15, -0.1) is 12.4 Å². The molecule has 2 N–H and O–H groups in total. The second kappa shape index (κ2) is 10.8. The Morgan fingerprint density at radius 3 is 2.50 bits per heavy atom. The molecule has 3 unspecified atom stereocenters. The van der Waals surface area contributed by atoms with E-state index in [1.54, 1.807) is 0 Å². The van der Waals surface area contributed by atoms with E-state index in [-0.39, 0.29) is 12.4 Å². The molecule has 6 heteroatoms. The standard InChI is InChI=1S/C22H36N4O.ClH/c1-2-25-11-13-26(14-12-25)16-18-6-8-19(9-7-18)24-21-5-3-4-20(21)22-17-27-15-10-23-22;/h6-9,20-24H,2-5,10-17H2,1H3;1H. The minimum atomic E-state index is 0. The van der Waals surface area contributed by atoms with Crippen molar-refractivity contribution in [3.63, 3.8) is 0 Å². The van der Waals surface area contributed by atoms with E-state index < -0.39 is 0 Å².